The van der Waals surface area contributed by atoms with E-state index in [1.165, 1.54) is 31.8 Å². The molecule has 0 saturated heterocycles. The average Bonchev–Trinajstić information content (AvgIpc) is 2.45. The summed E-state index contributed by atoms with van der Waals surface area (Å²) in [7, 11) is 2.12. The lowest BCUT2D eigenvalue weighted by Gasteiger charge is -2.38. The Morgan fingerprint density at radius 3 is 2.70 bits per heavy atom. The summed E-state index contributed by atoms with van der Waals surface area (Å²) in [5.74, 6) is -0.223. The normalized spacial score (nSPS) is 22.9. The Balaban J connectivity index is 2.24. The van der Waals surface area contributed by atoms with Crippen molar-refractivity contribution in [3.8, 4) is 0 Å². The van der Waals surface area contributed by atoms with Gasteiger partial charge in [0.2, 0.25) is 0 Å². The summed E-state index contributed by atoms with van der Waals surface area (Å²) in [5.41, 5.74) is 2.08. The van der Waals surface area contributed by atoms with Crippen LogP contribution in [0, 0.1) is 5.92 Å². The number of carboxylic acids is 1. The van der Waals surface area contributed by atoms with Crippen LogP contribution in [0.15, 0.2) is 30.3 Å². The maximum Gasteiger partial charge on any atom is 0.328 e. The SMILES string of the molecule is CC1CCCCC1N(C)c1ccccc1C=CC(=O)O. The first-order valence-electron chi connectivity index (χ1n) is 7.32. The topological polar surface area (TPSA) is 40.5 Å². The van der Waals surface area contributed by atoms with Gasteiger partial charge in [-0.05, 0) is 36.5 Å². The highest BCUT2D eigenvalue weighted by atomic mass is 16.4. The quantitative estimate of drug-likeness (QED) is 0.848. The number of anilines is 1. The van der Waals surface area contributed by atoms with Crippen LogP contribution in [0.5, 0.6) is 0 Å². The highest BCUT2D eigenvalue weighted by molar-refractivity contribution is 5.87. The van der Waals surface area contributed by atoms with Crippen LogP contribution in [-0.2, 0) is 4.79 Å². The number of carbonyl (C=O) groups is 1. The van der Waals surface area contributed by atoms with Crippen molar-refractivity contribution < 1.29 is 9.90 Å². The molecule has 1 aromatic carbocycles. The first kappa shape index (κ1) is 14.6. The molecule has 1 aliphatic carbocycles. The zero-order chi connectivity index (χ0) is 14.5. The Morgan fingerprint density at radius 1 is 1.30 bits per heavy atom. The minimum atomic E-state index is -0.909. The fourth-order valence-electron chi connectivity index (χ4n) is 3.16. The van der Waals surface area contributed by atoms with Crippen molar-refractivity contribution in [2.45, 2.75) is 38.6 Å². The predicted octanol–water partition coefficient (Wildman–Crippen LogP) is 3.80. The third kappa shape index (κ3) is 3.41. The first-order chi connectivity index (χ1) is 9.59. The van der Waals surface area contributed by atoms with E-state index in [1.807, 2.05) is 18.2 Å². The van der Waals surface area contributed by atoms with Crippen LogP contribution in [-0.4, -0.2) is 24.2 Å². The van der Waals surface area contributed by atoms with E-state index >= 15 is 0 Å². The average molecular weight is 273 g/mol. The van der Waals surface area contributed by atoms with Crippen molar-refractivity contribution in [1.29, 1.82) is 0 Å². The van der Waals surface area contributed by atoms with E-state index in [9.17, 15) is 4.79 Å². The molecule has 0 aromatic heterocycles. The molecule has 0 aliphatic heterocycles. The molecular weight excluding hydrogens is 250 g/mol. The van der Waals surface area contributed by atoms with Gasteiger partial charge in [0.1, 0.15) is 0 Å². The standard InChI is InChI=1S/C17H23NO2/c1-13-7-3-5-9-15(13)18(2)16-10-6-4-8-14(16)11-12-17(19)20/h4,6,8,10-13,15H,3,5,7,9H2,1-2H3,(H,19,20). The zero-order valence-electron chi connectivity index (χ0n) is 12.2. The van der Waals surface area contributed by atoms with Crippen molar-refractivity contribution in [2.24, 2.45) is 5.92 Å². The number of hydrogen-bond donors (Lipinski definition) is 1. The maximum atomic E-state index is 10.7. The molecule has 2 unspecified atom stereocenters. The minimum absolute atomic E-state index is 0.545. The van der Waals surface area contributed by atoms with Gasteiger partial charge in [0.15, 0.2) is 0 Å². The van der Waals surface area contributed by atoms with Gasteiger partial charge >= 0.3 is 5.97 Å². The molecule has 0 bridgehead atoms. The predicted molar refractivity (Wildman–Crippen MR) is 82.9 cm³/mol. The van der Waals surface area contributed by atoms with Crippen molar-refractivity contribution in [2.75, 3.05) is 11.9 Å². The van der Waals surface area contributed by atoms with Gasteiger partial charge in [0, 0.05) is 24.9 Å². The molecule has 108 valence electrons. The Hall–Kier alpha value is -1.77. The van der Waals surface area contributed by atoms with Gasteiger partial charge in [-0.25, -0.2) is 4.79 Å². The van der Waals surface area contributed by atoms with Crippen LogP contribution in [0.3, 0.4) is 0 Å². The molecule has 20 heavy (non-hydrogen) atoms. The molecule has 1 N–H and O–H groups in total. The van der Waals surface area contributed by atoms with Crippen LogP contribution in [0.4, 0.5) is 5.69 Å². The summed E-state index contributed by atoms with van der Waals surface area (Å²) in [6, 6.07) is 8.55. The first-order valence-corrected chi connectivity index (χ1v) is 7.32. The summed E-state index contributed by atoms with van der Waals surface area (Å²) in [6.45, 7) is 2.32. The second kappa shape index (κ2) is 6.60. The molecule has 2 rings (SSSR count). The number of carboxylic acid groups (broad SMARTS) is 1. The van der Waals surface area contributed by atoms with E-state index in [-0.39, 0.29) is 0 Å². The molecule has 0 radical (unpaired) electrons. The number of benzene rings is 1. The van der Waals surface area contributed by atoms with Crippen LogP contribution in [0.2, 0.25) is 0 Å². The Kier molecular flexibility index (Phi) is 4.83. The lowest BCUT2D eigenvalue weighted by molar-refractivity contribution is -0.131. The molecule has 1 aliphatic rings. The number of para-hydroxylation sites is 1. The number of hydrogen-bond acceptors (Lipinski definition) is 2. The van der Waals surface area contributed by atoms with Crippen LogP contribution in [0.1, 0.15) is 38.2 Å². The molecule has 1 aromatic rings. The fourth-order valence-corrected chi connectivity index (χ4v) is 3.16. The third-order valence-corrected chi connectivity index (χ3v) is 4.29. The van der Waals surface area contributed by atoms with E-state index in [0.29, 0.717) is 12.0 Å². The van der Waals surface area contributed by atoms with Crippen LogP contribution < -0.4 is 4.90 Å². The maximum absolute atomic E-state index is 10.7. The van der Waals surface area contributed by atoms with Gasteiger partial charge in [-0.15, -0.1) is 0 Å². The minimum Gasteiger partial charge on any atom is -0.478 e. The van der Waals surface area contributed by atoms with Gasteiger partial charge in [0.05, 0.1) is 0 Å². The summed E-state index contributed by atoms with van der Waals surface area (Å²) in [6.07, 6.45) is 7.99. The van der Waals surface area contributed by atoms with E-state index < -0.39 is 5.97 Å². The van der Waals surface area contributed by atoms with Gasteiger partial charge in [-0.1, -0.05) is 38.0 Å². The second-order valence-electron chi connectivity index (χ2n) is 5.67. The lowest BCUT2D eigenvalue weighted by Crippen LogP contribution is -2.39. The smallest absolute Gasteiger partial charge is 0.328 e. The molecule has 3 heteroatoms. The summed E-state index contributed by atoms with van der Waals surface area (Å²) in [5, 5.41) is 8.79. The molecule has 1 fully saturated rings. The van der Waals surface area contributed by atoms with Gasteiger partial charge in [-0.2, -0.15) is 0 Å². The summed E-state index contributed by atoms with van der Waals surface area (Å²) in [4.78, 5) is 13.0. The highest BCUT2D eigenvalue weighted by Gasteiger charge is 2.25. The van der Waals surface area contributed by atoms with Crippen molar-refractivity contribution in [1.82, 2.24) is 0 Å². The monoisotopic (exact) mass is 273 g/mol. The second-order valence-corrected chi connectivity index (χ2v) is 5.67. The highest BCUT2D eigenvalue weighted by Crippen LogP contribution is 2.32. The molecular formula is C17H23NO2. The summed E-state index contributed by atoms with van der Waals surface area (Å²) < 4.78 is 0. The number of nitrogens with zero attached hydrogens (tertiary/aromatic N) is 1. The van der Waals surface area contributed by atoms with Gasteiger partial charge in [-0.3, -0.25) is 0 Å². The summed E-state index contributed by atoms with van der Waals surface area (Å²) >= 11 is 0. The fraction of sp³-hybridized carbons (Fsp3) is 0.471. The molecule has 0 amide bonds. The zero-order valence-corrected chi connectivity index (χ0v) is 12.2. The molecule has 2 atom stereocenters. The van der Waals surface area contributed by atoms with E-state index in [4.69, 9.17) is 5.11 Å². The molecule has 0 spiro atoms. The van der Waals surface area contributed by atoms with E-state index in [2.05, 4.69) is 24.9 Å². The Bertz CT molecular complexity index is 496. The largest absolute Gasteiger partial charge is 0.478 e. The number of rotatable bonds is 4. The van der Waals surface area contributed by atoms with E-state index in [1.54, 1.807) is 6.08 Å². The molecule has 0 heterocycles. The lowest BCUT2D eigenvalue weighted by atomic mass is 9.84. The van der Waals surface area contributed by atoms with Crippen molar-refractivity contribution in [3.05, 3.63) is 35.9 Å². The Labute approximate surface area is 120 Å². The number of aliphatic carboxylic acids is 1. The van der Waals surface area contributed by atoms with Gasteiger partial charge < -0.3 is 10.0 Å². The van der Waals surface area contributed by atoms with Crippen molar-refractivity contribution in [3.63, 3.8) is 0 Å². The molecule has 1 saturated carbocycles. The van der Waals surface area contributed by atoms with Gasteiger partial charge in [0.25, 0.3) is 0 Å². The van der Waals surface area contributed by atoms with E-state index in [0.717, 1.165) is 11.3 Å². The van der Waals surface area contributed by atoms with Crippen LogP contribution >= 0.6 is 0 Å². The van der Waals surface area contributed by atoms with Crippen LogP contribution in [0.25, 0.3) is 6.08 Å². The van der Waals surface area contributed by atoms with Crippen molar-refractivity contribution >= 4 is 17.7 Å². The Morgan fingerprint density at radius 2 is 2.00 bits per heavy atom. The third-order valence-electron chi connectivity index (χ3n) is 4.29. The molecule has 3 nitrogen and oxygen atoms in total.